The van der Waals surface area contributed by atoms with Crippen LogP contribution in [0.15, 0.2) is 169 Å². The van der Waals surface area contributed by atoms with Gasteiger partial charge in [0.05, 0.1) is 0 Å². The molecule has 0 spiro atoms. The number of aryl methyl sites for hydroxylation is 2. The lowest BCUT2D eigenvalue weighted by atomic mass is 9.95. The highest BCUT2D eigenvalue weighted by atomic mass is 16.6. The van der Waals surface area contributed by atoms with E-state index in [1.807, 2.05) is 42.5 Å². The van der Waals surface area contributed by atoms with Crippen LogP contribution in [0.3, 0.4) is 0 Å². The highest BCUT2D eigenvalue weighted by molar-refractivity contribution is 6.01. The van der Waals surface area contributed by atoms with Gasteiger partial charge in [0.1, 0.15) is 56.3 Å². The van der Waals surface area contributed by atoms with Crippen LogP contribution in [-0.4, -0.2) is 96.3 Å². The molecule has 0 aliphatic rings. The van der Waals surface area contributed by atoms with Crippen LogP contribution in [0.5, 0.6) is 5.75 Å². The maximum absolute atomic E-state index is 14.9. The summed E-state index contributed by atoms with van der Waals surface area (Å²) in [6, 6.07) is 42.2. The van der Waals surface area contributed by atoms with Crippen molar-refractivity contribution in [3.8, 4) is 5.75 Å². The first-order chi connectivity index (χ1) is 41.6. The molecule has 0 saturated heterocycles. The lowest BCUT2D eigenvalue weighted by molar-refractivity contribution is -0.133. The lowest BCUT2D eigenvalue weighted by Gasteiger charge is -2.27. The van der Waals surface area contributed by atoms with Crippen LogP contribution >= 0.6 is 0 Å². The Balaban J connectivity index is 1.22. The zero-order chi connectivity index (χ0) is 61.5. The van der Waals surface area contributed by atoms with Crippen LogP contribution in [0.1, 0.15) is 76.6 Å². The molecule has 0 heterocycles. The quantitative estimate of drug-likeness (QED) is 0.00980. The van der Waals surface area contributed by atoms with Crippen molar-refractivity contribution in [3.63, 3.8) is 0 Å². The van der Waals surface area contributed by atoms with Gasteiger partial charge in [-0.1, -0.05) is 152 Å². The number of alkyl carbamates (subject to hydrolysis) is 4. The van der Waals surface area contributed by atoms with E-state index in [1.54, 1.807) is 123 Å². The molecule has 6 rings (SSSR count). The van der Waals surface area contributed by atoms with Crippen LogP contribution < -0.4 is 43.0 Å². The maximum Gasteiger partial charge on any atom is 0.414 e. The second kappa shape index (κ2) is 35.0. The number of phenolic OH excluding ortho intramolecular Hbond substituents is 1. The Bertz CT molecular complexity index is 3110. The summed E-state index contributed by atoms with van der Waals surface area (Å²) in [6.45, 7) is 3.12. The Morgan fingerprint density at radius 3 is 1.30 bits per heavy atom. The minimum absolute atomic E-state index is 0.00772. The minimum atomic E-state index is -1.46. The van der Waals surface area contributed by atoms with Crippen molar-refractivity contribution in [2.24, 2.45) is 10.7 Å². The number of carbonyl (C=O) groups excluding carboxylic acids is 8. The third-order valence-electron chi connectivity index (χ3n) is 13.3. The summed E-state index contributed by atoms with van der Waals surface area (Å²) in [6.07, 6.45) is -3.22. The fourth-order valence-electron chi connectivity index (χ4n) is 8.79. The Kier molecular flexibility index (Phi) is 26.4. The number of benzene rings is 6. The van der Waals surface area contributed by atoms with E-state index in [2.05, 4.69) is 42.2 Å². The van der Waals surface area contributed by atoms with Crippen LogP contribution in [0.2, 0.25) is 0 Å². The van der Waals surface area contributed by atoms with Crippen LogP contribution in [0, 0.1) is 13.8 Å². The highest BCUT2D eigenvalue weighted by Crippen LogP contribution is 2.23. The second-order valence-electron chi connectivity index (χ2n) is 20.0. The maximum atomic E-state index is 14.9. The molecular weight excluding hydrogens is 1100 g/mol. The molecule has 10 N–H and O–H groups in total. The minimum Gasteiger partial charge on any atom is -0.508 e. The molecule has 0 aliphatic heterocycles. The summed E-state index contributed by atoms with van der Waals surface area (Å²) in [5.74, 6) is -3.64. The van der Waals surface area contributed by atoms with Gasteiger partial charge in [0.15, 0.2) is 0 Å². The van der Waals surface area contributed by atoms with E-state index >= 15 is 0 Å². The first kappa shape index (κ1) is 64.9. The number of guanidine groups is 1. The SMILES string of the molecule is Cc1cc(O)cc(C)c1CC(NC(=O)C(CCCN=C(NC(=O)OCc1ccccc1)NC(=O)OCc1ccccc1)NC(=O)OCc1ccccc1)C(=O)NC(CCCCNC(=O)OCc1ccccc1)C(=O)NC(Cc1ccccc1)C(N)=O. The Morgan fingerprint density at radius 1 is 0.453 bits per heavy atom. The molecule has 6 aromatic rings. The first-order valence-corrected chi connectivity index (χ1v) is 28.0. The van der Waals surface area contributed by atoms with E-state index in [0.717, 1.165) is 5.56 Å². The van der Waals surface area contributed by atoms with Gasteiger partial charge in [-0.2, -0.15) is 0 Å². The van der Waals surface area contributed by atoms with Crippen molar-refractivity contribution < 1.29 is 62.4 Å². The van der Waals surface area contributed by atoms with Crippen molar-refractivity contribution in [2.75, 3.05) is 13.1 Å². The summed E-state index contributed by atoms with van der Waals surface area (Å²) in [5.41, 5.74) is 11.1. The highest BCUT2D eigenvalue weighted by Gasteiger charge is 2.32. The summed E-state index contributed by atoms with van der Waals surface area (Å²) in [7, 11) is 0. The third kappa shape index (κ3) is 23.5. The number of nitrogens with zero attached hydrogens (tertiary/aromatic N) is 1. The monoisotopic (exact) mass is 1180 g/mol. The van der Waals surface area contributed by atoms with Crippen molar-refractivity contribution in [2.45, 2.75) is 109 Å². The van der Waals surface area contributed by atoms with Crippen LogP contribution in [0.25, 0.3) is 0 Å². The summed E-state index contributed by atoms with van der Waals surface area (Å²) >= 11 is 0. The number of nitrogens with one attached hydrogen (secondary N) is 7. The number of unbranched alkanes of at least 4 members (excludes halogenated alkanes) is 1. The standard InChI is InChI=1S/C64H73N9O13/c1-43-35-50(74)36-44(2)51(43)38-55(59(78)68-52(57(76)69-54(56(65)75)37-45-21-8-3-9-22-45)31-18-19-33-67-61(79)83-39-46-23-10-4-11-24-46)70-58(77)53(71-62(80)84-40-47-25-12-5-13-26-47)32-20-34-66-60(72-63(81)85-41-48-27-14-6-15-28-48)73-64(82)86-42-49-29-16-7-17-30-49/h3-17,21-30,35-36,52-55,74H,18-20,31-34,37-42H2,1-2H3,(H2,65,75)(H,67,79)(H,68,78)(H,69,76)(H,70,77)(H,71,80)(H2,66,72,73,81,82). The number of ether oxygens (including phenoxy) is 4. The number of aliphatic imine (C=N–C) groups is 1. The molecule has 22 heteroatoms. The van der Waals surface area contributed by atoms with E-state index in [4.69, 9.17) is 24.7 Å². The topological polar surface area (TPSA) is 316 Å². The molecule has 4 unspecified atom stereocenters. The number of hydrogen-bond donors (Lipinski definition) is 9. The predicted molar refractivity (Wildman–Crippen MR) is 320 cm³/mol. The van der Waals surface area contributed by atoms with Gasteiger partial charge in [0.2, 0.25) is 29.6 Å². The zero-order valence-corrected chi connectivity index (χ0v) is 48.0. The van der Waals surface area contributed by atoms with Crippen molar-refractivity contribution >= 4 is 54.0 Å². The van der Waals surface area contributed by atoms with Gasteiger partial charge >= 0.3 is 24.4 Å². The molecule has 452 valence electrons. The summed E-state index contributed by atoms with van der Waals surface area (Å²) < 4.78 is 21.6. The molecule has 0 saturated carbocycles. The van der Waals surface area contributed by atoms with Crippen LogP contribution in [0.4, 0.5) is 19.2 Å². The number of hydrogen-bond acceptors (Lipinski definition) is 14. The van der Waals surface area contributed by atoms with Gasteiger partial charge in [-0.3, -0.25) is 34.8 Å². The average Bonchev–Trinajstić information content (AvgIpc) is 3.63. The number of phenols is 1. The smallest absolute Gasteiger partial charge is 0.414 e. The average molecular weight is 1180 g/mol. The molecule has 22 nitrogen and oxygen atoms in total. The molecule has 0 aromatic heterocycles. The van der Waals surface area contributed by atoms with Gasteiger partial charge in [0, 0.05) is 25.9 Å². The molecule has 0 bridgehead atoms. The predicted octanol–water partition coefficient (Wildman–Crippen LogP) is 7.11. The number of carbonyl (C=O) groups is 8. The normalized spacial score (nSPS) is 12.0. The third-order valence-corrected chi connectivity index (χ3v) is 13.3. The van der Waals surface area contributed by atoms with Gasteiger partial charge in [0.25, 0.3) is 0 Å². The fraction of sp³-hybridized carbons (Fsp3) is 0.297. The fourth-order valence-corrected chi connectivity index (χ4v) is 8.79. The second-order valence-corrected chi connectivity index (χ2v) is 20.0. The zero-order valence-electron chi connectivity index (χ0n) is 48.0. The van der Waals surface area contributed by atoms with Crippen molar-refractivity contribution in [3.05, 3.63) is 208 Å². The molecular formula is C64H73N9O13. The molecule has 0 fully saturated rings. The van der Waals surface area contributed by atoms with E-state index in [0.29, 0.717) is 45.4 Å². The molecule has 0 radical (unpaired) electrons. The summed E-state index contributed by atoms with van der Waals surface area (Å²) in [5, 5.41) is 28.9. The molecule has 6 aromatic carbocycles. The number of amides is 8. The molecule has 8 amide bonds. The van der Waals surface area contributed by atoms with Gasteiger partial charge < -0.3 is 56.4 Å². The van der Waals surface area contributed by atoms with E-state index in [1.165, 1.54) is 12.1 Å². The Hall–Kier alpha value is -10.3. The molecule has 4 atom stereocenters. The van der Waals surface area contributed by atoms with Crippen molar-refractivity contribution in [1.29, 1.82) is 0 Å². The van der Waals surface area contributed by atoms with Gasteiger partial charge in [-0.25, -0.2) is 19.2 Å². The number of rotatable bonds is 29. The first-order valence-electron chi connectivity index (χ1n) is 28.0. The summed E-state index contributed by atoms with van der Waals surface area (Å²) in [4.78, 5) is 113. The van der Waals surface area contributed by atoms with E-state index < -0.39 is 72.2 Å². The van der Waals surface area contributed by atoms with Gasteiger partial charge in [-0.05, 0) is 103 Å². The Morgan fingerprint density at radius 2 is 0.837 bits per heavy atom. The van der Waals surface area contributed by atoms with Crippen molar-refractivity contribution in [1.82, 2.24) is 37.2 Å². The van der Waals surface area contributed by atoms with E-state index in [-0.39, 0.29) is 89.8 Å². The van der Waals surface area contributed by atoms with Crippen LogP contribution in [-0.2, 0) is 77.4 Å². The molecule has 0 aliphatic carbocycles. The van der Waals surface area contributed by atoms with E-state index in [9.17, 15) is 43.5 Å². The number of aromatic hydroxyl groups is 1. The number of primary amides is 1. The lowest BCUT2D eigenvalue weighted by Crippen LogP contribution is -2.58. The van der Waals surface area contributed by atoms with Gasteiger partial charge in [-0.15, -0.1) is 0 Å². The number of nitrogens with two attached hydrogens (primary N) is 1. The Labute approximate surface area is 499 Å². The molecule has 86 heavy (non-hydrogen) atoms. The largest absolute Gasteiger partial charge is 0.508 e.